The lowest BCUT2D eigenvalue weighted by atomic mass is 9.86. The first-order chi connectivity index (χ1) is 15.1. The molecule has 3 aromatic rings. The Morgan fingerprint density at radius 1 is 1.03 bits per heavy atom. The zero-order valence-electron chi connectivity index (χ0n) is 15.9. The van der Waals surface area contributed by atoms with Crippen molar-refractivity contribution in [2.45, 2.75) is 18.3 Å². The highest BCUT2D eigenvalue weighted by Gasteiger charge is 2.53. The molecule has 1 amide bonds. The number of fused-ring (bicyclic) bond motifs is 2. The molecule has 0 bridgehead atoms. The van der Waals surface area contributed by atoms with Crippen LogP contribution in [0.5, 0.6) is 17.2 Å². The van der Waals surface area contributed by atoms with Crippen molar-refractivity contribution in [1.29, 1.82) is 0 Å². The minimum Gasteiger partial charge on any atom is -0.507 e. The highest BCUT2D eigenvalue weighted by molar-refractivity contribution is 6.09. The zero-order valence-corrected chi connectivity index (χ0v) is 15.9. The molecule has 0 saturated carbocycles. The summed E-state index contributed by atoms with van der Waals surface area (Å²) in [7, 11) is 0. The molecule has 2 aliphatic rings. The topological polar surface area (TPSA) is 92.4 Å². The van der Waals surface area contributed by atoms with Gasteiger partial charge in [0.1, 0.15) is 17.3 Å². The van der Waals surface area contributed by atoms with Gasteiger partial charge in [-0.05, 0) is 36.4 Å². The van der Waals surface area contributed by atoms with Gasteiger partial charge in [0.25, 0.3) is 5.91 Å². The van der Waals surface area contributed by atoms with Gasteiger partial charge in [-0.3, -0.25) is 4.79 Å². The second-order valence-electron chi connectivity index (χ2n) is 7.25. The molecular formula is C21H13F4NO6. The number of phenols is 1. The highest BCUT2D eigenvalue weighted by atomic mass is 19.4. The van der Waals surface area contributed by atoms with Gasteiger partial charge in [0, 0.05) is 17.2 Å². The van der Waals surface area contributed by atoms with Gasteiger partial charge < -0.3 is 29.0 Å². The average Bonchev–Trinajstić information content (AvgIpc) is 3.43. The van der Waals surface area contributed by atoms with E-state index in [9.17, 15) is 32.6 Å². The first-order valence-electron chi connectivity index (χ1n) is 9.22. The van der Waals surface area contributed by atoms with Gasteiger partial charge in [0.2, 0.25) is 18.2 Å². The molecule has 0 radical (unpaired) electrons. The number of amides is 1. The third-order valence-electron chi connectivity index (χ3n) is 5.33. The lowest BCUT2D eigenvalue weighted by Gasteiger charge is -2.24. The summed E-state index contributed by atoms with van der Waals surface area (Å²) < 4.78 is 67.9. The monoisotopic (exact) mass is 451 g/mol. The maximum absolute atomic E-state index is 14.1. The van der Waals surface area contributed by atoms with Crippen molar-refractivity contribution >= 4 is 11.6 Å². The minimum absolute atomic E-state index is 0.0425. The highest BCUT2D eigenvalue weighted by Crippen LogP contribution is 2.50. The fraction of sp³-hybridized carbons (Fsp3) is 0.190. The van der Waals surface area contributed by atoms with Gasteiger partial charge in [0.15, 0.2) is 11.5 Å². The van der Waals surface area contributed by atoms with Crippen molar-refractivity contribution in [3.8, 4) is 17.2 Å². The summed E-state index contributed by atoms with van der Waals surface area (Å²) in [5.41, 5.74) is -2.99. The van der Waals surface area contributed by atoms with Crippen molar-refractivity contribution in [2.24, 2.45) is 0 Å². The number of ether oxygens (including phenoxy) is 2. The van der Waals surface area contributed by atoms with Crippen LogP contribution in [-0.4, -0.2) is 22.9 Å². The van der Waals surface area contributed by atoms with Crippen LogP contribution in [0.25, 0.3) is 0 Å². The van der Waals surface area contributed by atoms with Crippen LogP contribution in [0.15, 0.2) is 46.9 Å². The van der Waals surface area contributed by atoms with Crippen LogP contribution in [-0.2, 0) is 23.1 Å². The predicted octanol–water partition coefficient (Wildman–Crippen LogP) is 3.65. The maximum Gasteiger partial charge on any atom is 0.449 e. The number of aromatic hydroxyl groups is 1. The van der Waals surface area contributed by atoms with Crippen LogP contribution < -0.4 is 14.4 Å². The second-order valence-corrected chi connectivity index (χ2v) is 7.25. The first-order valence-corrected chi connectivity index (χ1v) is 9.22. The lowest BCUT2D eigenvalue weighted by molar-refractivity contribution is -0.153. The Hall–Kier alpha value is -3.73. The van der Waals surface area contributed by atoms with Gasteiger partial charge in [0.05, 0.1) is 12.2 Å². The number of halogens is 4. The minimum atomic E-state index is -4.71. The van der Waals surface area contributed by atoms with E-state index in [1.165, 1.54) is 12.1 Å². The molecule has 0 fully saturated rings. The third kappa shape index (κ3) is 2.88. The molecule has 11 heteroatoms. The molecule has 2 aliphatic heterocycles. The summed E-state index contributed by atoms with van der Waals surface area (Å²) in [6.07, 6.45) is -4.71. The summed E-state index contributed by atoms with van der Waals surface area (Å²) in [4.78, 5) is 14.3. The molecule has 7 nitrogen and oxygen atoms in total. The van der Waals surface area contributed by atoms with E-state index >= 15 is 0 Å². The Kier molecular flexibility index (Phi) is 4.18. The fourth-order valence-corrected chi connectivity index (χ4v) is 3.86. The number of furan rings is 1. The van der Waals surface area contributed by atoms with Crippen LogP contribution >= 0.6 is 0 Å². The molecule has 32 heavy (non-hydrogen) atoms. The zero-order chi connectivity index (χ0) is 22.8. The van der Waals surface area contributed by atoms with Crippen LogP contribution in [0.4, 0.5) is 23.2 Å². The van der Waals surface area contributed by atoms with Crippen molar-refractivity contribution < 1.29 is 46.5 Å². The third-order valence-corrected chi connectivity index (χ3v) is 5.33. The molecule has 1 aromatic heterocycles. The molecule has 0 spiro atoms. The van der Waals surface area contributed by atoms with Crippen LogP contribution in [0, 0.1) is 5.82 Å². The number of alkyl halides is 3. The second kappa shape index (κ2) is 6.63. The van der Waals surface area contributed by atoms with Gasteiger partial charge in [-0.2, -0.15) is 13.2 Å². The summed E-state index contributed by atoms with van der Waals surface area (Å²) in [5, 5.41) is 22.0. The Bertz CT molecular complexity index is 1250. The van der Waals surface area contributed by atoms with E-state index in [1.54, 1.807) is 0 Å². The van der Waals surface area contributed by atoms with Crippen LogP contribution in [0.3, 0.4) is 0 Å². The number of hydrogen-bond acceptors (Lipinski definition) is 6. The quantitative estimate of drug-likeness (QED) is 0.591. The normalized spacial score (nSPS) is 19.5. The molecular weight excluding hydrogens is 438 g/mol. The molecule has 166 valence electrons. The maximum atomic E-state index is 14.1. The van der Waals surface area contributed by atoms with Crippen LogP contribution in [0.2, 0.25) is 0 Å². The van der Waals surface area contributed by atoms with Crippen molar-refractivity contribution in [1.82, 2.24) is 0 Å². The molecule has 0 aliphatic carbocycles. The predicted molar refractivity (Wildman–Crippen MR) is 98.5 cm³/mol. The largest absolute Gasteiger partial charge is 0.507 e. The summed E-state index contributed by atoms with van der Waals surface area (Å²) in [5.74, 6) is -3.42. The first kappa shape index (κ1) is 20.2. The average molecular weight is 451 g/mol. The van der Waals surface area contributed by atoms with E-state index in [-0.39, 0.29) is 40.9 Å². The van der Waals surface area contributed by atoms with Crippen molar-refractivity contribution in [2.75, 3.05) is 11.7 Å². The number of anilines is 1. The van der Waals surface area contributed by atoms with E-state index in [0.717, 1.165) is 35.2 Å². The van der Waals surface area contributed by atoms with Gasteiger partial charge in [-0.25, -0.2) is 4.39 Å². The Balaban J connectivity index is 1.61. The molecule has 0 saturated heterocycles. The fourth-order valence-electron chi connectivity index (χ4n) is 3.86. The van der Waals surface area contributed by atoms with E-state index < -0.39 is 41.6 Å². The number of nitrogens with zero attached hydrogens (tertiary/aromatic N) is 1. The number of carbonyl (C=O) groups excluding carboxylic acids is 1. The van der Waals surface area contributed by atoms with E-state index in [0.29, 0.717) is 0 Å². The standard InChI is InChI=1S/C21H13F4NO6/c22-10-1-3-14-12(5-10)20(29,13-6-16-17(7-15(13)27)31-9-30-16)19(28)26(14)8-11-2-4-18(32-11)21(23,24)25/h1-7,27,29H,8-9H2. The van der Waals surface area contributed by atoms with Gasteiger partial charge in [-0.15, -0.1) is 0 Å². The molecule has 1 atom stereocenters. The smallest absolute Gasteiger partial charge is 0.449 e. The number of phenolic OH excluding ortho intramolecular Hbond substituents is 1. The molecule has 3 heterocycles. The lowest BCUT2D eigenvalue weighted by Crippen LogP contribution is -2.41. The van der Waals surface area contributed by atoms with E-state index in [4.69, 9.17) is 13.9 Å². The molecule has 2 N–H and O–H groups in total. The van der Waals surface area contributed by atoms with Crippen LogP contribution in [0.1, 0.15) is 22.6 Å². The Morgan fingerprint density at radius 3 is 2.44 bits per heavy atom. The van der Waals surface area contributed by atoms with Gasteiger partial charge >= 0.3 is 6.18 Å². The molecule has 5 rings (SSSR count). The Morgan fingerprint density at radius 2 is 1.75 bits per heavy atom. The van der Waals surface area contributed by atoms with E-state index in [1.807, 2.05) is 0 Å². The molecule has 2 aromatic carbocycles. The molecule has 1 unspecified atom stereocenters. The summed E-state index contributed by atoms with van der Waals surface area (Å²) >= 11 is 0. The summed E-state index contributed by atoms with van der Waals surface area (Å²) in [6.45, 7) is -0.608. The Labute approximate surface area is 177 Å². The number of carbonyl (C=O) groups is 1. The van der Waals surface area contributed by atoms with E-state index in [2.05, 4.69) is 0 Å². The van der Waals surface area contributed by atoms with Crippen molar-refractivity contribution in [3.05, 3.63) is 70.9 Å². The number of aliphatic hydroxyl groups is 1. The van der Waals surface area contributed by atoms with Gasteiger partial charge in [-0.1, -0.05) is 0 Å². The number of rotatable bonds is 3. The number of benzene rings is 2. The SMILES string of the molecule is O=C1N(Cc2ccc(C(F)(F)F)o2)c2ccc(F)cc2C1(O)c1cc2c(cc1O)OCO2. The number of hydrogen-bond donors (Lipinski definition) is 2. The summed E-state index contributed by atoms with van der Waals surface area (Å²) in [6, 6.07) is 7.27. The van der Waals surface area contributed by atoms with Crippen molar-refractivity contribution in [3.63, 3.8) is 0 Å².